The fourth-order valence-electron chi connectivity index (χ4n) is 0.930. The number of carbonyl (C=O) groups excluding carboxylic acids is 1. The van der Waals surface area contributed by atoms with Gasteiger partial charge in [-0.15, -0.1) is 0 Å². The van der Waals surface area contributed by atoms with E-state index in [0.717, 1.165) is 0 Å². The SMILES string of the molecule is CC(Nc1cc(C(F)(F)F)nc(Cl)n1)C(N)=O. The van der Waals surface area contributed by atoms with Gasteiger partial charge in [0.2, 0.25) is 11.2 Å². The first kappa shape index (κ1) is 13.5. The fraction of sp³-hybridized carbons (Fsp3) is 0.375. The molecule has 0 aliphatic rings. The summed E-state index contributed by atoms with van der Waals surface area (Å²) in [6.07, 6.45) is -4.64. The summed E-state index contributed by atoms with van der Waals surface area (Å²) in [5.41, 5.74) is 3.75. The molecule has 0 aliphatic heterocycles. The smallest absolute Gasteiger partial charge is 0.368 e. The van der Waals surface area contributed by atoms with Gasteiger partial charge in [-0.25, -0.2) is 9.97 Å². The fourth-order valence-corrected chi connectivity index (χ4v) is 1.11. The van der Waals surface area contributed by atoms with Crippen molar-refractivity contribution in [2.75, 3.05) is 5.32 Å². The highest BCUT2D eigenvalue weighted by atomic mass is 35.5. The molecule has 1 amide bonds. The Morgan fingerprint density at radius 3 is 2.59 bits per heavy atom. The number of rotatable bonds is 3. The second-order valence-electron chi connectivity index (χ2n) is 3.17. The van der Waals surface area contributed by atoms with Crippen LogP contribution in [0.4, 0.5) is 19.0 Å². The molecule has 0 spiro atoms. The van der Waals surface area contributed by atoms with E-state index in [9.17, 15) is 18.0 Å². The summed E-state index contributed by atoms with van der Waals surface area (Å²) >= 11 is 5.34. The Morgan fingerprint density at radius 2 is 2.12 bits per heavy atom. The normalized spacial score (nSPS) is 13.2. The van der Waals surface area contributed by atoms with E-state index in [0.29, 0.717) is 6.07 Å². The molecule has 5 nitrogen and oxygen atoms in total. The summed E-state index contributed by atoms with van der Waals surface area (Å²) in [5.74, 6) is -0.947. The van der Waals surface area contributed by atoms with Gasteiger partial charge in [0.15, 0.2) is 5.69 Å². The first-order valence-electron chi connectivity index (χ1n) is 4.38. The number of alkyl halides is 3. The molecular formula is C8H8ClF3N4O. The molecule has 0 radical (unpaired) electrons. The Bertz CT molecular complexity index is 437. The lowest BCUT2D eigenvalue weighted by Gasteiger charge is -2.12. The monoisotopic (exact) mass is 268 g/mol. The minimum atomic E-state index is -4.64. The van der Waals surface area contributed by atoms with Crippen molar-refractivity contribution < 1.29 is 18.0 Å². The topological polar surface area (TPSA) is 80.9 Å². The molecule has 1 atom stereocenters. The van der Waals surface area contributed by atoms with Crippen LogP contribution in [0.25, 0.3) is 0 Å². The van der Waals surface area contributed by atoms with E-state index in [2.05, 4.69) is 15.3 Å². The van der Waals surface area contributed by atoms with Gasteiger partial charge < -0.3 is 11.1 Å². The molecule has 17 heavy (non-hydrogen) atoms. The third-order valence-electron chi connectivity index (χ3n) is 1.78. The Kier molecular flexibility index (Phi) is 3.76. The van der Waals surface area contributed by atoms with Crippen molar-refractivity contribution >= 4 is 23.3 Å². The number of primary amides is 1. The van der Waals surface area contributed by atoms with Crippen LogP contribution in [0.3, 0.4) is 0 Å². The zero-order valence-corrected chi connectivity index (χ0v) is 9.30. The average Bonchev–Trinajstić information content (AvgIpc) is 2.15. The quantitative estimate of drug-likeness (QED) is 0.813. The number of nitrogens with zero attached hydrogens (tertiary/aromatic N) is 2. The third kappa shape index (κ3) is 3.74. The van der Waals surface area contributed by atoms with Gasteiger partial charge in [-0.1, -0.05) is 0 Å². The van der Waals surface area contributed by atoms with Crippen LogP contribution in [0.15, 0.2) is 6.07 Å². The summed E-state index contributed by atoms with van der Waals surface area (Å²) in [4.78, 5) is 17.3. The van der Waals surface area contributed by atoms with Crippen molar-refractivity contribution in [3.05, 3.63) is 17.0 Å². The average molecular weight is 269 g/mol. The van der Waals surface area contributed by atoms with Crippen LogP contribution in [-0.4, -0.2) is 21.9 Å². The molecule has 0 aromatic carbocycles. The molecule has 1 rings (SSSR count). The molecule has 0 saturated heterocycles. The van der Waals surface area contributed by atoms with Crippen molar-refractivity contribution in [3.63, 3.8) is 0 Å². The maximum Gasteiger partial charge on any atom is 0.433 e. The van der Waals surface area contributed by atoms with Gasteiger partial charge in [-0.05, 0) is 18.5 Å². The molecule has 1 heterocycles. The van der Waals surface area contributed by atoms with Crippen LogP contribution in [0.1, 0.15) is 12.6 Å². The molecule has 94 valence electrons. The number of nitrogens with two attached hydrogens (primary N) is 1. The van der Waals surface area contributed by atoms with E-state index in [1.807, 2.05) is 0 Å². The number of hydrogen-bond donors (Lipinski definition) is 2. The van der Waals surface area contributed by atoms with Gasteiger partial charge in [0.05, 0.1) is 0 Å². The lowest BCUT2D eigenvalue weighted by atomic mass is 10.3. The Morgan fingerprint density at radius 1 is 1.53 bits per heavy atom. The van der Waals surface area contributed by atoms with Gasteiger partial charge in [0.1, 0.15) is 11.9 Å². The van der Waals surface area contributed by atoms with E-state index in [1.54, 1.807) is 0 Å². The van der Waals surface area contributed by atoms with Gasteiger partial charge in [-0.3, -0.25) is 4.79 Å². The second kappa shape index (κ2) is 4.74. The highest BCUT2D eigenvalue weighted by Gasteiger charge is 2.33. The van der Waals surface area contributed by atoms with Crippen LogP contribution in [-0.2, 0) is 11.0 Å². The van der Waals surface area contributed by atoms with Crippen LogP contribution in [0.2, 0.25) is 5.28 Å². The molecule has 0 fully saturated rings. The van der Waals surface area contributed by atoms with Crippen molar-refractivity contribution in [1.82, 2.24) is 9.97 Å². The standard InChI is InChI=1S/C8H8ClF3N4O/c1-3(6(13)17)14-5-2-4(8(10,11)12)15-7(9)16-5/h2-3H,1H3,(H2,13,17)(H,14,15,16). The minimum Gasteiger partial charge on any atom is -0.368 e. The van der Waals surface area contributed by atoms with Gasteiger partial charge in [0.25, 0.3) is 0 Å². The number of hydrogen-bond acceptors (Lipinski definition) is 4. The van der Waals surface area contributed by atoms with E-state index in [-0.39, 0.29) is 5.82 Å². The molecule has 1 unspecified atom stereocenters. The van der Waals surface area contributed by atoms with E-state index >= 15 is 0 Å². The van der Waals surface area contributed by atoms with Crippen molar-refractivity contribution in [2.24, 2.45) is 5.73 Å². The molecule has 9 heteroatoms. The van der Waals surface area contributed by atoms with Crippen molar-refractivity contribution in [2.45, 2.75) is 19.1 Å². The third-order valence-corrected chi connectivity index (χ3v) is 1.95. The van der Waals surface area contributed by atoms with Crippen molar-refractivity contribution in [3.8, 4) is 0 Å². The second-order valence-corrected chi connectivity index (χ2v) is 3.51. The summed E-state index contributed by atoms with van der Waals surface area (Å²) in [5, 5.41) is 1.81. The number of halogens is 4. The minimum absolute atomic E-state index is 0.219. The molecule has 0 saturated carbocycles. The molecule has 1 aromatic rings. The predicted molar refractivity (Wildman–Crippen MR) is 54.3 cm³/mol. The number of nitrogens with one attached hydrogen (secondary N) is 1. The van der Waals surface area contributed by atoms with Gasteiger partial charge in [-0.2, -0.15) is 13.2 Å². The zero-order chi connectivity index (χ0) is 13.2. The zero-order valence-electron chi connectivity index (χ0n) is 8.55. The Balaban J connectivity index is 3.02. The molecule has 1 aromatic heterocycles. The van der Waals surface area contributed by atoms with Crippen LogP contribution < -0.4 is 11.1 Å². The molecule has 0 bridgehead atoms. The molecule has 3 N–H and O–H groups in total. The lowest BCUT2D eigenvalue weighted by Crippen LogP contribution is -2.33. The molecular weight excluding hydrogens is 261 g/mol. The van der Waals surface area contributed by atoms with E-state index in [1.165, 1.54) is 6.92 Å². The van der Waals surface area contributed by atoms with Crippen LogP contribution in [0.5, 0.6) is 0 Å². The first-order valence-corrected chi connectivity index (χ1v) is 4.75. The first-order chi connectivity index (χ1) is 7.70. The number of carbonyl (C=O) groups is 1. The number of aromatic nitrogens is 2. The maximum absolute atomic E-state index is 12.4. The van der Waals surface area contributed by atoms with E-state index < -0.39 is 29.1 Å². The predicted octanol–water partition coefficient (Wildman–Crippen LogP) is 1.43. The number of anilines is 1. The Hall–Kier alpha value is -1.57. The Labute approximate surface area is 99.2 Å². The van der Waals surface area contributed by atoms with Gasteiger partial charge >= 0.3 is 6.18 Å². The van der Waals surface area contributed by atoms with Crippen LogP contribution in [0, 0.1) is 0 Å². The largest absolute Gasteiger partial charge is 0.433 e. The highest BCUT2D eigenvalue weighted by Crippen LogP contribution is 2.29. The molecule has 0 aliphatic carbocycles. The lowest BCUT2D eigenvalue weighted by molar-refractivity contribution is -0.141. The van der Waals surface area contributed by atoms with Crippen LogP contribution >= 0.6 is 11.6 Å². The number of amides is 1. The summed E-state index contributed by atoms with van der Waals surface area (Å²) in [6.45, 7) is 1.38. The summed E-state index contributed by atoms with van der Waals surface area (Å²) in [6, 6.07) is -0.229. The summed E-state index contributed by atoms with van der Waals surface area (Å²) < 4.78 is 37.1. The van der Waals surface area contributed by atoms with E-state index in [4.69, 9.17) is 17.3 Å². The highest BCUT2D eigenvalue weighted by molar-refractivity contribution is 6.28. The maximum atomic E-state index is 12.4. The van der Waals surface area contributed by atoms with Crippen molar-refractivity contribution in [1.29, 1.82) is 0 Å². The summed E-state index contributed by atoms with van der Waals surface area (Å²) in [7, 11) is 0. The van der Waals surface area contributed by atoms with Gasteiger partial charge in [0, 0.05) is 6.07 Å².